The minimum Gasteiger partial charge on any atom is -0.306 e. The maximum atomic E-state index is 2.43. The van der Waals surface area contributed by atoms with Crippen molar-refractivity contribution in [1.82, 2.24) is 4.90 Å². The van der Waals surface area contributed by atoms with Crippen molar-refractivity contribution in [3.63, 3.8) is 0 Å². The molecular formula is C10H24NP. The first-order valence-electron chi connectivity index (χ1n) is 4.78. The standard InChI is InChI=1S/C9H19N.CH5P/c1-8-5-6-10(4)7-9(8,2)3;1-2/h8H,5-7H2,1-4H3;2H2,1H3. The van der Waals surface area contributed by atoms with Crippen molar-refractivity contribution in [2.24, 2.45) is 11.3 Å². The van der Waals surface area contributed by atoms with Gasteiger partial charge < -0.3 is 4.90 Å². The highest BCUT2D eigenvalue weighted by atomic mass is 31.0. The lowest BCUT2D eigenvalue weighted by atomic mass is 9.75. The van der Waals surface area contributed by atoms with Gasteiger partial charge in [0.2, 0.25) is 0 Å². The van der Waals surface area contributed by atoms with Crippen molar-refractivity contribution < 1.29 is 0 Å². The molecule has 2 unspecified atom stereocenters. The van der Waals surface area contributed by atoms with Crippen molar-refractivity contribution >= 4 is 9.24 Å². The van der Waals surface area contributed by atoms with Crippen LogP contribution in [0.5, 0.6) is 0 Å². The molecule has 74 valence electrons. The van der Waals surface area contributed by atoms with Gasteiger partial charge in [0.15, 0.2) is 0 Å². The third-order valence-corrected chi connectivity index (χ3v) is 2.96. The molecule has 1 saturated heterocycles. The number of piperidine rings is 1. The van der Waals surface area contributed by atoms with E-state index in [1.54, 1.807) is 0 Å². The molecule has 0 aromatic carbocycles. The summed E-state index contributed by atoms with van der Waals surface area (Å²) >= 11 is 0. The van der Waals surface area contributed by atoms with Crippen LogP contribution in [0.25, 0.3) is 0 Å². The fraction of sp³-hybridized carbons (Fsp3) is 1.00. The highest BCUT2D eigenvalue weighted by molar-refractivity contribution is 7.15. The average Bonchev–Trinajstić information content (AvgIpc) is 2.01. The SMILES string of the molecule is CC1CCN(C)CC1(C)C.CP. The van der Waals surface area contributed by atoms with E-state index in [2.05, 4.69) is 42.0 Å². The average molecular weight is 189 g/mol. The summed E-state index contributed by atoms with van der Waals surface area (Å²) in [6.45, 7) is 11.6. The maximum Gasteiger partial charge on any atom is 0.00322 e. The lowest BCUT2D eigenvalue weighted by Gasteiger charge is -2.41. The van der Waals surface area contributed by atoms with Gasteiger partial charge in [-0.05, 0) is 31.3 Å². The maximum absolute atomic E-state index is 2.43. The predicted octanol–water partition coefficient (Wildman–Crippen LogP) is 2.48. The summed E-state index contributed by atoms with van der Waals surface area (Å²) in [5.41, 5.74) is 0.535. The molecule has 0 N–H and O–H groups in total. The minimum absolute atomic E-state index is 0.535. The van der Waals surface area contributed by atoms with Crippen molar-refractivity contribution in [2.75, 3.05) is 26.8 Å². The quantitative estimate of drug-likeness (QED) is 0.529. The van der Waals surface area contributed by atoms with Gasteiger partial charge in [0.25, 0.3) is 0 Å². The van der Waals surface area contributed by atoms with E-state index in [0.29, 0.717) is 5.41 Å². The molecule has 0 spiro atoms. The second kappa shape index (κ2) is 5.19. The van der Waals surface area contributed by atoms with Crippen LogP contribution in [0, 0.1) is 11.3 Å². The number of likely N-dealkylation sites (tertiary alicyclic amines) is 1. The zero-order valence-corrected chi connectivity index (χ0v) is 10.4. The molecule has 1 aliphatic rings. The molecule has 1 heterocycles. The van der Waals surface area contributed by atoms with E-state index in [-0.39, 0.29) is 0 Å². The van der Waals surface area contributed by atoms with Gasteiger partial charge in [0.05, 0.1) is 0 Å². The van der Waals surface area contributed by atoms with Crippen LogP contribution in [0.15, 0.2) is 0 Å². The van der Waals surface area contributed by atoms with Gasteiger partial charge in [-0.25, -0.2) is 0 Å². The number of rotatable bonds is 0. The van der Waals surface area contributed by atoms with Gasteiger partial charge in [-0.2, -0.15) is 0 Å². The van der Waals surface area contributed by atoms with Gasteiger partial charge >= 0.3 is 0 Å². The fourth-order valence-corrected chi connectivity index (χ4v) is 1.74. The first-order chi connectivity index (χ1) is 5.52. The van der Waals surface area contributed by atoms with Crippen LogP contribution in [-0.4, -0.2) is 31.7 Å². The van der Waals surface area contributed by atoms with Gasteiger partial charge in [-0.3, -0.25) is 0 Å². The first kappa shape index (κ1) is 12.4. The first-order valence-corrected chi connectivity index (χ1v) is 5.94. The minimum atomic E-state index is 0.535. The molecule has 2 heteroatoms. The Morgan fingerprint density at radius 1 is 1.33 bits per heavy atom. The topological polar surface area (TPSA) is 3.24 Å². The van der Waals surface area contributed by atoms with Gasteiger partial charge in [0.1, 0.15) is 0 Å². The molecule has 1 rings (SSSR count). The molecule has 1 fully saturated rings. The van der Waals surface area contributed by atoms with E-state index in [1.165, 1.54) is 19.5 Å². The Hall–Kier alpha value is 0.390. The largest absolute Gasteiger partial charge is 0.306 e. The van der Waals surface area contributed by atoms with E-state index in [1.807, 2.05) is 6.66 Å². The molecule has 0 saturated carbocycles. The van der Waals surface area contributed by atoms with Gasteiger partial charge in [0, 0.05) is 6.54 Å². The van der Waals surface area contributed by atoms with E-state index < -0.39 is 0 Å². The Morgan fingerprint density at radius 2 is 1.83 bits per heavy atom. The molecule has 0 aromatic rings. The molecule has 0 aliphatic carbocycles. The molecule has 12 heavy (non-hydrogen) atoms. The summed E-state index contributed by atoms with van der Waals surface area (Å²) in [4.78, 5) is 2.43. The van der Waals surface area contributed by atoms with Crippen LogP contribution in [0.2, 0.25) is 0 Å². The van der Waals surface area contributed by atoms with Crippen molar-refractivity contribution in [1.29, 1.82) is 0 Å². The normalized spacial score (nSPS) is 29.0. The second-order valence-electron chi connectivity index (χ2n) is 4.42. The van der Waals surface area contributed by atoms with Crippen LogP contribution in [-0.2, 0) is 0 Å². The zero-order chi connectivity index (χ0) is 9.78. The van der Waals surface area contributed by atoms with E-state index in [9.17, 15) is 0 Å². The summed E-state index contributed by atoms with van der Waals surface area (Å²) in [6.07, 6.45) is 1.36. The third kappa shape index (κ3) is 3.41. The molecule has 0 radical (unpaired) electrons. The number of hydrogen-bond donors (Lipinski definition) is 0. The monoisotopic (exact) mass is 189 g/mol. The summed E-state index contributed by atoms with van der Waals surface area (Å²) in [5.74, 6) is 0.892. The highest BCUT2D eigenvalue weighted by Crippen LogP contribution is 2.33. The van der Waals surface area contributed by atoms with Crippen LogP contribution in [0.4, 0.5) is 0 Å². The second-order valence-corrected chi connectivity index (χ2v) is 4.42. The Balaban J connectivity index is 0.000000561. The lowest BCUT2D eigenvalue weighted by Crippen LogP contribution is -2.42. The zero-order valence-electron chi connectivity index (χ0n) is 9.22. The van der Waals surface area contributed by atoms with Crippen LogP contribution < -0.4 is 0 Å². The Morgan fingerprint density at radius 3 is 2.17 bits per heavy atom. The summed E-state index contributed by atoms with van der Waals surface area (Å²) in [6, 6.07) is 0. The molecule has 0 aromatic heterocycles. The van der Waals surface area contributed by atoms with Crippen molar-refractivity contribution in [3.05, 3.63) is 0 Å². The predicted molar refractivity (Wildman–Crippen MR) is 60.7 cm³/mol. The molecular weight excluding hydrogens is 165 g/mol. The number of hydrogen-bond acceptors (Lipinski definition) is 1. The Bertz CT molecular complexity index is 123. The van der Waals surface area contributed by atoms with Crippen LogP contribution in [0.3, 0.4) is 0 Å². The third-order valence-electron chi connectivity index (χ3n) is 2.96. The summed E-state index contributed by atoms with van der Waals surface area (Å²) in [5, 5.41) is 0. The summed E-state index contributed by atoms with van der Waals surface area (Å²) in [7, 11) is 4.63. The Kier molecular flexibility index (Phi) is 5.36. The Labute approximate surface area is 80.1 Å². The lowest BCUT2D eigenvalue weighted by molar-refractivity contribution is 0.0830. The smallest absolute Gasteiger partial charge is 0.00322 e. The molecule has 0 bridgehead atoms. The summed E-state index contributed by atoms with van der Waals surface area (Å²) < 4.78 is 0. The highest BCUT2D eigenvalue weighted by Gasteiger charge is 2.30. The van der Waals surface area contributed by atoms with Gasteiger partial charge in [-0.15, -0.1) is 9.24 Å². The van der Waals surface area contributed by atoms with E-state index >= 15 is 0 Å². The van der Waals surface area contributed by atoms with Crippen molar-refractivity contribution in [3.8, 4) is 0 Å². The van der Waals surface area contributed by atoms with Crippen LogP contribution >= 0.6 is 9.24 Å². The fourth-order valence-electron chi connectivity index (χ4n) is 1.74. The number of nitrogens with zero attached hydrogens (tertiary/aromatic N) is 1. The van der Waals surface area contributed by atoms with Crippen molar-refractivity contribution in [2.45, 2.75) is 27.2 Å². The molecule has 0 amide bonds. The molecule has 1 aliphatic heterocycles. The van der Waals surface area contributed by atoms with Gasteiger partial charge in [-0.1, -0.05) is 27.4 Å². The molecule has 2 atom stereocenters. The molecule has 1 nitrogen and oxygen atoms in total. The van der Waals surface area contributed by atoms with E-state index in [4.69, 9.17) is 0 Å². The van der Waals surface area contributed by atoms with E-state index in [0.717, 1.165) is 5.92 Å². The van der Waals surface area contributed by atoms with Crippen LogP contribution in [0.1, 0.15) is 27.2 Å².